The molecule has 3 rings (SSSR count). The van der Waals surface area contributed by atoms with Crippen molar-refractivity contribution in [1.82, 2.24) is 9.62 Å². The van der Waals surface area contributed by atoms with Crippen molar-refractivity contribution in [3.8, 4) is 0 Å². The van der Waals surface area contributed by atoms with Gasteiger partial charge < -0.3 is 9.32 Å². The van der Waals surface area contributed by atoms with Crippen LogP contribution in [0.4, 0.5) is 0 Å². The van der Waals surface area contributed by atoms with Gasteiger partial charge in [-0.1, -0.05) is 11.6 Å². The molecule has 6 nitrogen and oxygen atoms in total. The van der Waals surface area contributed by atoms with Gasteiger partial charge in [-0.05, 0) is 49.6 Å². The van der Waals surface area contributed by atoms with Crippen LogP contribution in [0.1, 0.15) is 28.8 Å². The molecular formula is C17H19ClN2O4S. The molecule has 0 bridgehead atoms. The third-order valence-corrected chi connectivity index (χ3v) is 6.21. The fraction of sp³-hybridized carbons (Fsp3) is 0.353. The molecule has 0 saturated carbocycles. The average molecular weight is 383 g/mol. The van der Waals surface area contributed by atoms with Crippen LogP contribution in [0.25, 0.3) is 0 Å². The quantitative estimate of drug-likeness (QED) is 0.881. The number of amides is 1. The van der Waals surface area contributed by atoms with Gasteiger partial charge in [0.2, 0.25) is 10.0 Å². The average Bonchev–Trinajstić information content (AvgIpc) is 3.08. The Hall–Kier alpha value is -1.83. The zero-order valence-electron chi connectivity index (χ0n) is 13.7. The Bertz CT molecular complexity index is 857. The highest BCUT2D eigenvalue weighted by atomic mass is 35.5. The summed E-state index contributed by atoms with van der Waals surface area (Å²) in [5, 5.41) is 0.502. The second kappa shape index (κ2) is 7.19. The molecule has 0 aliphatic carbocycles. The topological polar surface area (TPSA) is 79.6 Å². The Kier molecular flexibility index (Phi) is 5.17. The number of likely N-dealkylation sites (tertiary alicyclic amines) is 1. The molecule has 0 radical (unpaired) electrons. The minimum atomic E-state index is -3.62. The number of hydrogen-bond donors (Lipinski definition) is 1. The zero-order valence-corrected chi connectivity index (χ0v) is 15.3. The maximum Gasteiger partial charge on any atom is 0.257 e. The number of nitrogens with zero attached hydrogens (tertiary/aromatic N) is 1. The van der Waals surface area contributed by atoms with Gasteiger partial charge in [0.1, 0.15) is 6.26 Å². The molecule has 1 saturated heterocycles. The zero-order chi connectivity index (χ0) is 18.0. The van der Waals surface area contributed by atoms with Crippen molar-refractivity contribution in [2.45, 2.75) is 30.7 Å². The molecule has 134 valence electrons. The third kappa shape index (κ3) is 4.05. The minimum absolute atomic E-state index is 0.0939. The summed E-state index contributed by atoms with van der Waals surface area (Å²) in [5.41, 5.74) is 1.11. The van der Waals surface area contributed by atoms with E-state index in [1.54, 1.807) is 30.0 Å². The standard InChI is InChI=1S/C17H19ClN2O4S/c1-12-10-14(18)2-3-16(12)25(22,23)19-15-4-7-20(8-5-15)17(21)13-6-9-24-11-13/h2-3,6,9-11,15,19H,4-5,7-8H2,1H3. The lowest BCUT2D eigenvalue weighted by Crippen LogP contribution is -2.46. The Labute approximate surface area is 151 Å². The lowest BCUT2D eigenvalue weighted by atomic mass is 10.1. The van der Waals surface area contributed by atoms with Crippen LogP contribution in [0.15, 0.2) is 46.1 Å². The molecule has 0 spiro atoms. The van der Waals surface area contributed by atoms with Gasteiger partial charge in [-0.15, -0.1) is 0 Å². The number of benzene rings is 1. The maximum atomic E-state index is 12.6. The van der Waals surface area contributed by atoms with Gasteiger partial charge in [-0.3, -0.25) is 4.79 Å². The first-order valence-corrected chi connectivity index (χ1v) is 9.83. The van der Waals surface area contributed by atoms with Crippen molar-refractivity contribution in [2.24, 2.45) is 0 Å². The summed E-state index contributed by atoms with van der Waals surface area (Å²) in [5.74, 6) is -0.0939. The lowest BCUT2D eigenvalue weighted by Gasteiger charge is -2.32. The fourth-order valence-electron chi connectivity index (χ4n) is 2.97. The smallest absolute Gasteiger partial charge is 0.257 e. The minimum Gasteiger partial charge on any atom is -0.472 e. The largest absolute Gasteiger partial charge is 0.472 e. The second-order valence-electron chi connectivity index (χ2n) is 6.11. The number of hydrogen-bond acceptors (Lipinski definition) is 4. The Balaban J connectivity index is 1.62. The molecule has 0 atom stereocenters. The highest BCUT2D eigenvalue weighted by Crippen LogP contribution is 2.21. The van der Waals surface area contributed by atoms with E-state index in [4.69, 9.17) is 16.0 Å². The molecule has 2 aromatic rings. The van der Waals surface area contributed by atoms with Crippen LogP contribution in [0, 0.1) is 6.92 Å². The SMILES string of the molecule is Cc1cc(Cl)ccc1S(=O)(=O)NC1CCN(C(=O)c2ccoc2)CC1. The van der Waals surface area contributed by atoms with E-state index < -0.39 is 10.0 Å². The molecule has 1 aromatic heterocycles. The summed E-state index contributed by atoms with van der Waals surface area (Å²) in [6.45, 7) is 2.71. The van der Waals surface area contributed by atoms with Crippen LogP contribution >= 0.6 is 11.6 Å². The number of furan rings is 1. The summed E-state index contributed by atoms with van der Waals surface area (Å²) >= 11 is 5.89. The first-order chi connectivity index (χ1) is 11.9. The van der Waals surface area contributed by atoms with E-state index in [-0.39, 0.29) is 16.8 Å². The van der Waals surface area contributed by atoms with Crippen LogP contribution in [0.2, 0.25) is 5.02 Å². The van der Waals surface area contributed by atoms with Gasteiger partial charge in [0, 0.05) is 24.2 Å². The van der Waals surface area contributed by atoms with Gasteiger partial charge in [0.15, 0.2) is 0 Å². The number of sulfonamides is 1. The number of carbonyl (C=O) groups is 1. The number of nitrogens with one attached hydrogen (secondary N) is 1. The van der Waals surface area contributed by atoms with E-state index in [2.05, 4.69) is 4.72 Å². The number of carbonyl (C=O) groups excluding carboxylic acids is 1. The van der Waals surface area contributed by atoms with Gasteiger partial charge in [0.25, 0.3) is 5.91 Å². The predicted molar refractivity (Wildman–Crippen MR) is 94.1 cm³/mol. The van der Waals surface area contributed by atoms with E-state index in [1.807, 2.05) is 0 Å². The van der Waals surface area contributed by atoms with E-state index in [1.165, 1.54) is 18.6 Å². The number of piperidine rings is 1. The van der Waals surface area contributed by atoms with E-state index in [9.17, 15) is 13.2 Å². The highest BCUT2D eigenvalue weighted by molar-refractivity contribution is 7.89. The molecule has 1 fully saturated rings. The molecule has 1 aromatic carbocycles. The Morgan fingerprint density at radius 2 is 2.00 bits per heavy atom. The van der Waals surface area contributed by atoms with E-state index >= 15 is 0 Å². The first kappa shape index (κ1) is 18.0. The maximum absolute atomic E-state index is 12.6. The normalized spacial score (nSPS) is 16.2. The van der Waals surface area contributed by atoms with Crippen molar-refractivity contribution in [1.29, 1.82) is 0 Å². The Morgan fingerprint density at radius 3 is 2.60 bits per heavy atom. The van der Waals surface area contributed by atoms with Crippen molar-refractivity contribution in [2.75, 3.05) is 13.1 Å². The number of aryl methyl sites for hydroxylation is 1. The molecule has 25 heavy (non-hydrogen) atoms. The van der Waals surface area contributed by atoms with Crippen LogP contribution in [0.5, 0.6) is 0 Å². The van der Waals surface area contributed by atoms with Crippen molar-refractivity contribution < 1.29 is 17.6 Å². The summed E-state index contributed by atoms with van der Waals surface area (Å²) in [4.78, 5) is 14.2. The summed E-state index contributed by atoms with van der Waals surface area (Å²) < 4.78 is 32.8. The van der Waals surface area contributed by atoms with Crippen LogP contribution in [-0.2, 0) is 10.0 Å². The molecule has 8 heteroatoms. The van der Waals surface area contributed by atoms with E-state index in [0.29, 0.717) is 42.1 Å². The molecule has 1 amide bonds. The molecule has 1 aliphatic heterocycles. The summed E-state index contributed by atoms with van der Waals surface area (Å²) in [6, 6.07) is 6.13. The monoisotopic (exact) mass is 382 g/mol. The lowest BCUT2D eigenvalue weighted by molar-refractivity contribution is 0.0710. The van der Waals surface area contributed by atoms with Crippen molar-refractivity contribution in [3.63, 3.8) is 0 Å². The van der Waals surface area contributed by atoms with Crippen LogP contribution < -0.4 is 4.72 Å². The van der Waals surface area contributed by atoms with Crippen molar-refractivity contribution in [3.05, 3.63) is 52.9 Å². The first-order valence-electron chi connectivity index (χ1n) is 7.97. The molecule has 2 heterocycles. The fourth-order valence-corrected chi connectivity index (χ4v) is 4.72. The Morgan fingerprint density at radius 1 is 1.28 bits per heavy atom. The van der Waals surface area contributed by atoms with Crippen LogP contribution in [-0.4, -0.2) is 38.4 Å². The summed E-state index contributed by atoms with van der Waals surface area (Å²) in [7, 11) is -3.62. The molecule has 0 unspecified atom stereocenters. The number of halogens is 1. The second-order valence-corrected chi connectivity index (χ2v) is 8.23. The van der Waals surface area contributed by atoms with Gasteiger partial charge >= 0.3 is 0 Å². The third-order valence-electron chi connectivity index (χ3n) is 4.30. The number of rotatable bonds is 4. The van der Waals surface area contributed by atoms with E-state index in [0.717, 1.165) is 0 Å². The van der Waals surface area contributed by atoms with Crippen molar-refractivity contribution >= 4 is 27.5 Å². The van der Waals surface area contributed by atoms with Gasteiger partial charge in [-0.2, -0.15) is 0 Å². The molecule has 1 N–H and O–H groups in total. The molecular weight excluding hydrogens is 364 g/mol. The summed E-state index contributed by atoms with van der Waals surface area (Å²) in [6.07, 6.45) is 4.01. The molecule has 1 aliphatic rings. The van der Waals surface area contributed by atoms with Crippen LogP contribution in [0.3, 0.4) is 0 Å². The van der Waals surface area contributed by atoms with Gasteiger partial charge in [0.05, 0.1) is 16.7 Å². The van der Waals surface area contributed by atoms with Gasteiger partial charge in [-0.25, -0.2) is 13.1 Å². The highest BCUT2D eigenvalue weighted by Gasteiger charge is 2.28. The predicted octanol–water partition coefficient (Wildman–Crippen LogP) is 2.82.